The first-order valence-electron chi connectivity index (χ1n) is 10.9. The highest BCUT2D eigenvalue weighted by Gasteiger charge is 2.28. The monoisotopic (exact) mass is 469 g/mol. The standard InChI is InChI=1S/C23H27N5O4S/c1-16-10-15-28(26-16)20-6-2-18(3-7-20)23(30)27-13-11-17(12-14-27)22(29)25-19-4-8-21(9-5-19)33(24,31)32/h2-9,17H,10-15H2,1H3,(H,25,29)(H2,24,31,32). The van der Waals surface area contributed by atoms with Crippen LogP contribution in [0, 0.1) is 5.92 Å². The number of hydrazone groups is 1. The van der Waals surface area contributed by atoms with Crippen LogP contribution in [0.25, 0.3) is 0 Å². The number of hydrogen-bond acceptors (Lipinski definition) is 6. The lowest BCUT2D eigenvalue weighted by Crippen LogP contribution is -2.41. The summed E-state index contributed by atoms with van der Waals surface area (Å²) in [5, 5.41) is 14.3. The molecular weight excluding hydrogens is 442 g/mol. The number of amides is 2. The molecule has 3 N–H and O–H groups in total. The van der Waals surface area contributed by atoms with Crippen molar-refractivity contribution < 1.29 is 18.0 Å². The lowest BCUT2D eigenvalue weighted by molar-refractivity contribution is -0.121. The van der Waals surface area contributed by atoms with Gasteiger partial charge in [0, 0.05) is 48.9 Å². The van der Waals surface area contributed by atoms with E-state index in [-0.39, 0.29) is 22.6 Å². The predicted octanol–water partition coefficient (Wildman–Crippen LogP) is 2.41. The second-order valence-corrected chi connectivity index (χ2v) is 9.94. The summed E-state index contributed by atoms with van der Waals surface area (Å²) in [4.78, 5) is 27.3. The van der Waals surface area contributed by atoms with Crippen LogP contribution in [0.15, 0.2) is 58.5 Å². The van der Waals surface area contributed by atoms with Gasteiger partial charge in [0.05, 0.1) is 10.6 Å². The van der Waals surface area contributed by atoms with Gasteiger partial charge in [0.1, 0.15) is 0 Å². The Labute approximate surface area is 193 Å². The van der Waals surface area contributed by atoms with E-state index < -0.39 is 10.0 Å². The van der Waals surface area contributed by atoms with Crippen LogP contribution in [-0.2, 0) is 14.8 Å². The first-order chi connectivity index (χ1) is 15.7. The quantitative estimate of drug-likeness (QED) is 0.696. The number of likely N-dealkylation sites (tertiary alicyclic amines) is 1. The lowest BCUT2D eigenvalue weighted by Gasteiger charge is -2.31. The highest BCUT2D eigenvalue weighted by Crippen LogP contribution is 2.24. The van der Waals surface area contributed by atoms with Crippen molar-refractivity contribution in [1.29, 1.82) is 0 Å². The van der Waals surface area contributed by atoms with Crippen molar-refractivity contribution in [3.8, 4) is 0 Å². The molecule has 0 unspecified atom stereocenters. The van der Waals surface area contributed by atoms with E-state index in [0.717, 1.165) is 24.4 Å². The van der Waals surface area contributed by atoms with Gasteiger partial charge in [-0.2, -0.15) is 5.10 Å². The van der Waals surface area contributed by atoms with Gasteiger partial charge in [-0.25, -0.2) is 13.6 Å². The Morgan fingerprint density at radius 1 is 1.00 bits per heavy atom. The van der Waals surface area contributed by atoms with E-state index in [9.17, 15) is 18.0 Å². The van der Waals surface area contributed by atoms with E-state index in [1.165, 1.54) is 24.3 Å². The minimum atomic E-state index is -3.77. The topological polar surface area (TPSA) is 125 Å². The number of benzene rings is 2. The summed E-state index contributed by atoms with van der Waals surface area (Å²) in [5.41, 5.74) is 3.19. The number of hydrogen-bond donors (Lipinski definition) is 2. The number of primary sulfonamides is 1. The Kier molecular flexibility index (Phi) is 6.48. The van der Waals surface area contributed by atoms with Gasteiger partial charge in [-0.15, -0.1) is 0 Å². The molecule has 4 rings (SSSR count). The van der Waals surface area contributed by atoms with Gasteiger partial charge in [0.15, 0.2) is 0 Å². The van der Waals surface area contributed by atoms with Crippen LogP contribution >= 0.6 is 0 Å². The van der Waals surface area contributed by atoms with E-state index in [1.807, 2.05) is 36.2 Å². The van der Waals surface area contributed by atoms with Crippen molar-refractivity contribution >= 4 is 38.9 Å². The van der Waals surface area contributed by atoms with Crippen molar-refractivity contribution in [2.75, 3.05) is 30.0 Å². The maximum atomic E-state index is 12.9. The third kappa shape index (κ3) is 5.40. The summed E-state index contributed by atoms with van der Waals surface area (Å²) in [6.07, 6.45) is 2.07. The zero-order valence-electron chi connectivity index (χ0n) is 18.4. The molecular formula is C23H27N5O4S. The number of carbonyl (C=O) groups is 2. The minimum Gasteiger partial charge on any atom is -0.339 e. The van der Waals surface area contributed by atoms with Crippen molar-refractivity contribution in [3.63, 3.8) is 0 Å². The van der Waals surface area contributed by atoms with Gasteiger partial charge in [0.2, 0.25) is 15.9 Å². The summed E-state index contributed by atoms with van der Waals surface area (Å²) in [6.45, 7) is 3.86. The number of carbonyl (C=O) groups excluding carboxylic acids is 2. The van der Waals surface area contributed by atoms with Crippen LogP contribution < -0.4 is 15.5 Å². The summed E-state index contributed by atoms with van der Waals surface area (Å²) in [6, 6.07) is 13.2. The molecule has 0 aromatic heterocycles. The molecule has 2 aromatic carbocycles. The SMILES string of the molecule is CC1=NN(c2ccc(C(=O)N3CCC(C(=O)Nc4ccc(S(N)(=O)=O)cc4)CC3)cc2)CC1. The molecule has 2 aliphatic rings. The summed E-state index contributed by atoms with van der Waals surface area (Å²) in [5.74, 6) is -0.401. The van der Waals surface area contributed by atoms with Gasteiger partial charge < -0.3 is 10.2 Å². The average Bonchev–Trinajstić information content (AvgIpc) is 3.25. The van der Waals surface area contributed by atoms with Crippen LogP contribution in [0.4, 0.5) is 11.4 Å². The number of nitrogens with zero attached hydrogens (tertiary/aromatic N) is 3. The van der Waals surface area contributed by atoms with Gasteiger partial charge in [0.25, 0.3) is 5.91 Å². The van der Waals surface area contributed by atoms with Crippen LogP contribution in [0.1, 0.15) is 36.5 Å². The van der Waals surface area contributed by atoms with E-state index in [4.69, 9.17) is 5.14 Å². The Bertz CT molecular complexity index is 1170. The molecule has 2 amide bonds. The van der Waals surface area contributed by atoms with E-state index >= 15 is 0 Å². The number of rotatable bonds is 5. The molecule has 0 spiro atoms. The Balaban J connectivity index is 1.30. The molecule has 33 heavy (non-hydrogen) atoms. The number of anilines is 2. The van der Waals surface area contributed by atoms with E-state index in [2.05, 4.69) is 10.4 Å². The molecule has 1 fully saturated rings. The molecule has 174 valence electrons. The molecule has 1 saturated heterocycles. The van der Waals surface area contributed by atoms with Crippen LogP contribution in [-0.4, -0.2) is 50.5 Å². The maximum absolute atomic E-state index is 12.9. The molecule has 2 aliphatic heterocycles. The third-order valence-corrected chi connectivity index (χ3v) is 6.92. The second kappa shape index (κ2) is 9.32. The minimum absolute atomic E-state index is 0.0105. The lowest BCUT2D eigenvalue weighted by atomic mass is 9.95. The molecule has 0 atom stereocenters. The molecule has 2 aromatic rings. The summed E-state index contributed by atoms with van der Waals surface area (Å²) in [7, 11) is -3.77. The van der Waals surface area contributed by atoms with Crippen molar-refractivity contribution in [3.05, 3.63) is 54.1 Å². The van der Waals surface area contributed by atoms with Gasteiger partial charge in [-0.1, -0.05) is 0 Å². The fraction of sp³-hybridized carbons (Fsp3) is 0.348. The Morgan fingerprint density at radius 2 is 1.64 bits per heavy atom. The molecule has 2 heterocycles. The zero-order chi connectivity index (χ0) is 23.6. The Hall–Kier alpha value is -3.24. The van der Waals surface area contributed by atoms with Crippen molar-refractivity contribution in [2.24, 2.45) is 16.2 Å². The molecule has 9 nitrogen and oxygen atoms in total. The fourth-order valence-electron chi connectivity index (χ4n) is 4.04. The van der Waals surface area contributed by atoms with Crippen molar-refractivity contribution in [2.45, 2.75) is 31.1 Å². The molecule has 0 aliphatic carbocycles. The second-order valence-electron chi connectivity index (χ2n) is 8.38. The van der Waals surface area contributed by atoms with Crippen molar-refractivity contribution in [1.82, 2.24) is 4.90 Å². The predicted molar refractivity (Wildman–Crippen MR) is 127 cm³/mol. The number of nitrogens with one attached hydrogen (secondary N) is 1. The summed E-state index contributed by atoms with van der Waals surface area (Å²) < 4.78 is 22.7. The maximum Gasteiger partial charge on any atom is 0.253 e. The molecule has 10 heteroatoms. The van der Waals surface area contributed by atoms with E-state index in [1.54, 1.807) is 4.90 Å². The molecule has 0 bridgehead atoms. The smallest absolute Gasteiger partial charge is 0.253 e. The normalized spacial score (nSPS) is 17.1. The average molecular weight is 470 g/mol. The highest BCUT2D eigenvalue weighted by atomic mass is 32.2. The van der Waals surface area contributed by atoms with Gasteiger partial charge in [-0.3, -0.25) is 14.6 Å². The molecule has 0 radical (unpaired) electrons. The van der Waals surface area contributed by atoms with Crippen LogP contribution in [0.2, 0.25) is 0 Å². The third-order valence-electron chi connectivity index (χ3n) is 5.99. The molecule has 0 saturated carbocycles. The highest BCUT2D eigenvalue weighted by molar-refractivity contribution is 7.89. The fourth-order valence-corrected chi connectivity index (χ4v) is 4.55. The summed E-state index contributed by atoms with van der Waals surface area (Å²) >= 11 is 0. The van der Waals surface area contributed by atoms with Crippen LogP contribution in [0.5, 0.6) is 0 Å². The zero-order valence-corrected chi connectivity index (χ0v) is 19.2. The number of piperidine rings is 1. The van der Waals surface area contributed by atoms with Gasteiger partial charge in [-0.05, 0) is 68.3 Å². The largest absolute Gasteiger partial charge is 0.339 e. The number of nitrogens with two attached hydrogens (primary N) is 1. The first-order valence-corrected chi connectivity index (χ1v) is 12.4. The van der Waals surface area contributed by atoms with Gasteiger partial charge >= 0.3 is 0 Å². The first kappa shape index (κ1) is 22.9. The van der Waals surface area contributed by atoms with E-state index in [0.29, 0.717) is 37.2 Å². The number of sulfonamides is 1. The van der Waals surface area contributed by atoms with Crippen LogP contribution in [0.3, 0.4) is 0 Å². The Morgan fingerprint density at radius 3 is 2.18 bits per heavy atom.